The van der Waals surface area contributed by atoms with Crippen LogP contribution in [0.4, 0.5) is 4.39 Å². The normalized spacial score (nSPS) is 22.1. The lowest BCUT2D eigenvalue weighted by atomic mass is 9.80. The van der Waals surface area contributed by atoms with E-state index in [0.29, 0.717) is 18.6 Å². The van der Waals surface area contributed by atoms with Crippen molar-refractivity contribution in [1.29, 1.82) is 0 Å². The highest BCUT2D eigenvalue weighted by Crippen LogP contribution is 2.47. The number of aliphatic hydroxyl groups excluding tert-OH is 1. The van der Waals surface area contributed by atoms with Crippen LogP contribution in [0.1, 0.15) is 80.4 Å². The van der Waals surface area contributed by atoms with Gasteiger partial charge in [-0.2, -0.15) is 0 Å². The van der Waals surface area contributed by atoms with Crippen molar-refractivity contribution in [1.82, 2.24) is 5.32 Å². The van der Waals surface area contributed by atoms with Crippen molar-refractivity contribution in [2.24, 2.45) is 0 Å². The molecule has 0 bridgehead atoms. The van der Waals surface area contributed by atoms with Gasteiger partial charge < -0.3 is 25.0 Å². The Morgan fingerprint density at radius 2 is 1.86 bits per heavy atom. The zero-order valence-corrected chi connectivity index (χ0v) is 20.6. The van der Waals surface area contributed by atoms with Crippen molar-refractivity contribution in [2.75, 3.05) is 13.2 Å². The molecule has 3 atom stereocenters. The van der Waals surface area contributed by atoms with Crippen LogP contribution in [-0.2, 0) is 14.3 Å². The molecule has 1 aliphatic heterocycles. The van der Waals surface area contributed by atoms with E-state index in [2.05, 4.69) is 5.32 Å². The fourth-order valence-electron chi connectivity index (χ4n) is 4.64. The predicted octanol–water partition coefficient (Wildman–Crippen LogP) is 4.57. The number of carbonyl (C=O) groups excluding carboxylic acids is 1. The van der Waals surface area contributed by atoms with E-state index in [9.17, 15) is 24.2 Å². The second-order valence-electron chi connectivity index (χ2n) is 9.74. The molecule has 2 aromatic carbocycles. The van der Waals surface area contributed by atoms with Gasteiger partial charge in [-0.05, 0) is 54.7 Å². The number of nitrogens with one attached hydrogen (secondary N) is 1. The molecule has 0 saturated carbocycles. The van der Waals surface area contributed by atoms with E-state index >= 15 is 0 Å². The number of carboxylic acids is 1. The van der Waals surface area contributed by atoms with Crippen molar-refractivity contribution in [3.8, 4) is 5.75 Å². The van der Waals surface area contributed by atoms with Gasteiger partial charge in [0.2, 0.25) is 5.91 Å². The molecule has 2 aromatic rings. The molecular formula is C27H34FNO6. The second-order valence-corrected chi connectivity index (χ2v) is 9.74. The molecule has 0 aromatic heterocycles. The number of aliphatic hydroxyl groups is 1. The first-order chi connectivity index (χ1) is 16.5. The standard InChI is InChI=1S/C27H34FNO6/c1-16(2)19-11-17(3)26(21(12-19)34-15-25(32)33)23-14-27(4,29-24(31)9-10-30)13-22(35-23)18-5-7-20(28)8-6-18/h5-8,11-12,16,22-23,30H,9-10,13-15H2,1-4H3,(H,29,31)(H,32,33)/t22-,23+,27+/m0/s1. The SMILES string of the molecule is Cc1cc(C(C)C)cc(OCC(=O)O)c1[C@H]1C[C@](C)(NC(=O)CCO)C[C@@H](c2ccc(F)cc2)O1. The Bertz CT molecular complexity index is 1050. The number of ether oxygens (including phenoxy) is 2. The molecule has 190 valence electrons. The first-order valence-corrected chi connectivity index (χ1v) is 11.8. The van der Waals surface area contributed by atoms with E-state index < -0.39 is 30.3 Å². The Morgan fingerprint density at radius 1 is 1.20 bits per heavy atom. The molecule has 0 spiro atoms. The minimum Gasteiger partial charge on any atom is -0.482 e. The summed E-state index contributed by atoms with van der Waals surface area (Å²) in [6, 6.07) is 9.95. The maximum absolute atomic E-state index is 13.6. The summed E-state index contributed by atoms with van der Waals surface area (Å²) in [6.45, 7) is 7.19. The van der Waals surface area contributed by atoms with Gasteiger partial charge in [0, 0.05) is 30.4 Å². The number of amides is 1. The lowest BCUT2D eigenvalue weighted by Gasteiger charge is -2.44. The van der Waals surface area contributed by atoms with Crippen LogP contribution in [0.25, 0.3) is 0 Å². The molecule has 1 saturated heterocycles. The number of aryl methyl sites for hydroxylation is 1. The van der Waals surface area contributed by atoms with Crippen molar-refractivity contribution < 1.29 is 33.7 Å². The van der Waals surface area contributed by atoms with Gasteiger partial charge in [-0.15, -0.1) is 0 Å². The first-order valence-electron chi connectivity index (χ1n) is 11.8. The summed E-state index contributed by atoms with van der Waals surface area (Å²) >= 11 is 0. The zero-order chi connectivity index (χ0) is 25.8. The highest BCUT2D eigenvalue weighted by Gasteiger charge is 2.41. The van der Waals surface area contributed by atoms with Gasteiger partial charge in [-0.3, -0.25) is 4.79 Å². The molecule has 0 radical (unpaired) electrons. The van der Waals surface area contributed by atoms with E-state index in [1.54, 1.807) is 12.1 Å². The number of hydrogen-bond acceptors (Lipinski definition) is 5. The van der Waals surface area contributed by atoms with Crippen LogP contribution >= 0.6 is 0 Å². The Labute approximate surface area is 205 Å². The van der Waals surface area contributed by atoms with Crippen LogP contribution in [0, 0.1) is 12.7 Å². The van der Waals surface area contributed by atoms with Crippen LogP contribution in [0.2, 0.25) is 0 Å². The summed E-state index contributed by atoms with van der Waals surface area (Å²) < 4.78 is 25.8. The smallest absolute Gasteiger partial charge is 0.341 e. The molecule has 1 fully saturated rings. The van der Waals surface area contributed by atoms with Crippen LogP contribution in [-0.4, -0.2) is 40.8 Å². The molecular weight excluding hydrogens is 453 g/mol. The Hall–Kier alpha value is -2.97. The minimum atomic E-state index is -1.08. The van der Waals surface area contributed by atoms with Crippen molar-refractivity contribution >= 4 is 11.9 Å². The summed E-state index contributed by atoms with van der Waals surface area (Å²) in [5.74, 6) is -1.08. The second kappa shape index (κ2) is 11.2. The topological polar surface area (TPSA) is 105 Å². The van der Waals surface area contributed by atoms with E-state index in [0.717, 1.165) is 22.3 Å². The van der Waals surface area contributed by atoms with Gasteiger partial charge in [0.25, 0.3) is 0 Å². The first kappa shape index (κ1) is 26.6. The summed E-state index contributed by atoms with van der Waals surface area (Å²) in [7, 11) is 0. The number of aliphatic carboxylic acids is 1. The molecule has 1 aliphatic rings. The lowest BCUT2D eigenvalue weighted by Crippen LogP contribution is -2.51. The monoisotopic (exact) mass is 487 g/mol. The summed E-state index contributed by atoms with van der Waals surface area (Å²) in [6.07, 6.45) is -0.140. The number of benzene rings is 2. The van der Waals surface area contributed by atoms with E-state index in [4.69, 9.17) is 9.47 Å². The number of hydrogen-bond donors (Lipinski definition) is 3. The maximum atomic E-state index is 13.6. The summed E-state index contributed by atoms with van der Waals surface area (Å²) in [5, 5.41) is 21.5. The van der Waals surface area contributed by atoms with Gasteiger partial charge >= 0.3 is 5.97 Å². The van der Waals surface area contributed by atoms with Gasteiger partial charge in [0.1, 0.15) is 11.6 Å². The van der Waals surface area contributed by atoms with E-state index in [1.165, 1.54) is 12.1 Å². The van der Waals surface area contributed by atoms with Gasteiger partial charge in [-0.25, -0.2) is 9.18 Å². The number of rotatable bonds is 9. The number of carboxylic acid groups (broad SMARTS) is 1. The third-order valence-electron chi connectivity index (χ3n) is 6.33. The van der Waals surface area contributed by atoms with Crippen molar-refractivity contribution in [3.63, 3.8) is 0 Å². The number of carbonyl (C=O) groups is 2. The van der Waals surface area contributed by atoms with E-state index in [1.807, 2.05) is 39.8 Å². The Kier molecular flexibility index (Phi) is 8.51. The molecule has 3 N–H and O–H groups in total. The van der Waals surface area contributed by atoms with Crippen LogP contribution in [0.5, 0.6) is 5.75 Å². The largest absolute Gasteiger partial charge is 0.482 e. The molecule has 35 heavy (non-hydrogen) atoms. The average molecular weight is 488 g/mol. The molecule has 1 amide bonds. The van der Waals surface area contributed by atoms with Crippen molar-refractivity contribution in [3.05, 3.63) is 64.5 Å². The highest BCUT2D eigenvalue weighted by molar-refractivity contribution is 5.76. The van der Waals surface area contributed by atoms with Gasteiger partial charge in [0.15, 0.2) is 6.61 Å². The Morgan fingerprint density at radius 3 is 2.46 bits per heavy atom. The quantitative estimate of drug-likeness (QED) is 0.479. The molecule has 7 nitrogen and oxygen atoms in total. The molecule has 0 aliphatic carbocycles. The number of halogens is 1. The molecule has 1 heterocycles. The van der Waals surface area contributed by atoms with Crippen molar-refractivity contribution in [2.45, 2.75) is 70.6 Å². The fraction of sp³-hybridized carbons (Fsp3) is 0.481. The average Bonchev–Trinajstić information content (AvgIpc) is 2.77. The van der Waals surface area contributed by atoms with Gasteiger partial charge in [-0.1, -0.05) is 32.0 Å². The third-order valence-corrected chi connectivity index (χ3v) is 6.33. The Balaban J connectivity index is 2.05. The zero-order valence-electron chi connectivity index (χ0n) is 20.6. The van der Waals surface area contributed by atoms with Crippen LogP contribution in [0.15, 0.2) is 36.4 Å². The van der Waals surface area contributed by atoms with Crippen LogP contribution in [0.3, 0.4) is 0 Å². The van der Waals surface area contributed by atoms with Gasteiger partial charge in [0.05, 0.1) is 18.8 Å². The summed E-state index contributed by atoms with van der Waals surface area (Å²) in [4.78, 5) is 23.7. The van der Waals surface area contributed by atoms with Crippen LogP contribution < -0.4 is 10.1 Å². The lowest BCUT2D eigenvalue weighted by molar-refractivity contribution is -0.139. The molecule has 8 heteroatoms. The predicted molar refractivity (Wildman–Crippen MR) is 129 cm³/mol. The van der Waals surface area contributed by atoms with E-state index in [-0.39, 0.29) is 30.7 Å². The maximum Gasteiger partial charge on any atom is 0.341 e. The summed E-state index contributed by atoms with van der Waals surface area (Å²) in [5.41, 5.74) is 2.71. The minimum absolute atomic E-state index is 0.0165. The third kappa shape index (κ3) is 6.80. The molecule has 3 rings (SSSR count). The molecule has 0 unspecified atom stereocenters. The highest BCUT2D eigenvalue weighted by atomic mass is 19.1. The fourth-order valence-corrected chi connectivity index (χ4v) is 4.64.